The van der Waals surface area contributed by atoms with Crippen molar-refractivity contribution < 1.29 is 24.9 Å². The molecule has 0 radical (unpaired) electrons. The van der Waals surface area contributed by atoms with Crippen molar-refractivity contribution in [1.82, 2.24) is 10.2 Å². The Hall–Kier alpha value is -2.89. The van der Waals surface area contributed by atoms with Crippen LogP contribution in [0.2, 0.25) is 0 Å². The molecule has 1 aromatic rings. The van der Waals surface area contributed by atoms with Gasteiger partial charge in [-0.2, -0.15) is 0 Å². The second-order valence-corrected chi connectivity index (χ2v) is 7.12. The zero-order valence-electron chi connectivity index (χ0n) is 15.1. The van der Waals surface area contributed by atoms with Crippen LogP contribution >= 0.6 is 0 Å². The fourth-order valence-corrected chi connectivity index (χ4v) is 4.38. The first-order chi connectivity index (χ1) is 13.2. The van der Waals surface area contributed by atoms with E-state index in [2.05, 4.69) is 15.3 Å². The number of nitrogens with one attached hydrogen (secondary N) is 1. The molecule has 28 heavy (non-hydrogen) atoms. The summed E-state index contributed by atoms with van der Waals surface area (Å²) in [4.78, 5) is 22.4. The van der Waals surface area contributed by atoms with Crippen LogP contribution in [0.25, 0.3) is 0 Å². The molecule has 0 aromatic heterocycles. The van der Waals surface area contributed by atoms with Crippen LogP contribution in [0.3, 0.4) is 0 Å². The fraction of sp³-hybridized carbons (Fsp3) is 0.471. The van der Waals surface area contributed by atoms with E-state index in [1.807, 2.05) is 0 Å². The van der Waals surface area contributed by atoms with Crippen LogP contribution in [-0.2, 0) is 4.74 Å². The van der Waals surface area contributed by atoms with E-state index in [-0.39, 0.29) is 17.5 Å². The number of aliphatic imine (C=N–C) groups is 2. The maximum Gasteiger partial charge on any atom is 0.338 e. The van der Waals surface area contributed by atoms with Gasteiger partial charge in [-0.25, -0.2) is 14.8 Å². The lowest BCUT2D eigenvalue weighted by atomic mass is 9.86. The zero-order chi connectivity index (χ0) is 20.3. The second-order valence-electron chi connectivity index (χ2n) is 7.12. The molecule has 3 aliphatic rings. The Balaban J connectivity index is 1.75. The minimum Gasteiger partial charge on any atom is -0.451 e. The lowest BCUT2D eigenvalue weighted by Gasteiger charge is -2.48. The van der Waals surface area contributed by atoms with Crippen molar-refractivity contribution in [1.29, 1.82) is 0 Å². The van der Waals surface area contributed by atoms with E-state index in [9.17, 15) is 20.1 Å². The van der Waals surface area contributed by atoms with Gasteiger partial charge in [-0.1, -0.05) is 18.2 Å². The van der Waals surface area contributed by atoms with Crippen LogP contribution in [0.15, 0.2) is 40.3 Å². The molecule has 2 unspecified atom stereocenters. The summed E-state index contributed by atoms with van der Waals surface area (Å²) in [5.74, 6) is -3.47. The molecule has 3 heterocycles. The molecule has 0 amide bonds. The molecular formula is C17H22N6O5. The number of hydrogen-bond acceptors (Lipinski definition) is 11. The second kappa shape index (κ2) is 6.06. The SMILES string of the molecule is C[C@H]1[C@H](OC(=O)c2ccccc2)C(O)(O)C23NC(N)=NC2[C@H](CO)N=C(N)N13. The molecule has 11 nitrogen and oxygen atoms in total. The molecule has 150 valence electrons. The van der Waals surface area contributed by atoms with E-state index in [4.69, 9.17) is 16.2 Å². The summed E-state index contributed by atoms with van der Waals surface area (Å²) >= 11 is 0. The highest BCUT2D eigenvalue weighted by molar-refractivity contribution is 5.90. The van der Waals surface area contributed by atoms with Crippen molar-refractivity contribution in [2.45, 2.75) is 42.6 Å². The Bertz CT molecular complexity index is 859. The summed E-state index contributed by atoms with van der Waals surface area (Å²) in [5.41, 5.74) is 10.4. The first-order valence-corrected chi connectivity index (χ1v) is 8.79. The van der Waals surface area contributed by atoms with Crippen molar-refractivity contribution in [2.75, 3.05) is 6.61 Å². The van der Waals surface area contributed by atoms with Crippen LogP contribution in [-0.4, -0.2) is 80.4 Å². The summed E-state index contributed by atoms with van der Waals surface area (Å²) < 4.78 is 5.49. The number of guanidine groups is 2. The third-order valence-electron chi connectivity index (χ3n) is 5.55. The van der Waals surface area contributed by atoms with Gasteiger partial charge in [0.15, 0.2) is 23.7 Å². The lowest BCUT2D eigenvalue weighted by molar-refractivity contribution is -0.257. The van der Waals surface area contributed by atoms with Gasteiger partial charge < -0.3 is 41.7 Å². The summed E-state index contributed by atoms with van der Waals surface area (Å²) in [7, 11) is 0. The van der Waals surface area contributed by atoms with E-state index in [0.29, 0.717) is 0 Å². The molecule has 0 bridgehead atoms. The number of rotatable bonds is 3. The van der Waals surface area contributed by atoms with E-state index in [1.165, 1.54) is 4.90 Å². The fourth-order valence-electron chi connectivity index (χ4n) is 4.38. The average Bonchev–Trinajstić information content (AvgIpc) is 3.10. The first-order valence-electron chi connectivity index (χ1n) is 8.79. The predicted octanol–water partition coefficient (Wildman–Crippen LogP) is -2.73. The van der Waals surface area contributed by atoms with E-state index < -0.39 is 48.3 Å². The van der Waals surface area contributed by atoms with Gasteiger partial charge in [0.2, 0.25) is 5.79 Å². The van der Waals surface area contributed by atoms with Crippen molar-refractivity contribution in [3.8, 4) is 0 Å². The van der Waals surface area contributed by atoms with Gasteiger partial charge in [0.05, 0.1) is 18.2 Å². The molecule has 0 saturated carbocycles. The predicted molar refractivity (Wildman–Crippen MR) is 97.9 cm³/mol. The van der Waals surface area contributed by atoms with E-state index in [0.717, 1.165) is 0 Å². The largest absolute Gasteiger partial charge is 0.451 e. The maximum absolute atomic E-state index is 12.6. The monoisotopic (exact) mass is 390 g/mol. The average molecular weight is 390 g/mol. The van der Waals surface area contributed by atoms with Gasteiger partial charge in [-0.15, -0.1) is 0 Å². The molecule has 1 saturated heterocycles. The van der Waals surface area contributed by atoms with Gasteiger partial charge >= 0.3 is 5.97 Å². The third-order valence-corrected chi connectivity index (χ3v) is 5.55. The minimum absolute atomic E-state index is 0.0501. The number of nitrogens with two attached hydrogens (primary N) is 2. The summed E-state index contributed by atoms with van der Waals surface area (Å²) in [5, 5.41) is 34.8. The van der Waals surface area contributed by atoms with Crippen molar-refractivity contribution >= 4 is 17.9 Å². The Morgan fingerprint density at radius 1 is 1.29 bits per heavy atom. The number of hydrogen-bond donors (Lipinski definition) is 6. The Morgan fingerprint density at radius 2 is 1.96 bits per heavy atom. The number of carbonyl (C=O) groups excluding carboxylic acids is 1. The first kappa shape index (κ1) is 18.5. The summed E-state index contributed by atoms with van der Waals surface area (Å²) in [6, 6.07) is 5.61. The topological polar surface area (TPSA) is 179 Å². The maximum atomic E-state index is 12.6. The van der Waals surface area contributed by atoms with Crippen molar-refractivity contribution in [3.63, 3.8) is 0 Å². The van der Waals surface area contributed by atoms with Crippen LogP contribution in [0.4, 0.5) is 0 Å². The highest BCUT2D eigenvalue weighted by atomic mass is 16.6. The van der Waals surface area contributed by atoms with Crippen LogP contribution in [0.5, 0.6) is 0 Å². The molecule has 1 aromatic carbocycles. The quantitative estimate of drug-likeness (QED) is 0.236. The molecule has 1 spiro atoms. The highest BCUT2D eigenvalue weighted by Gasteiger charge is 2.76. The number of aliphatic hydroxyl groups is 3. The van der Waals surface area contributed by atoms with Crippen LogP contribution < -0.4 is 16.8 Å². The van der Waals surface area contributed by atoms with Crippen molar-refractivity contribution in [2.24, 2.45) is 21.5 Å². The van der Waals surface area contributed by atoms with Crippen LogP contribution in [0.1, 0.15) is 17.3 Å². The lowest BCUT2D eigenvalue weighted by Crippen LogP contribution is -2.77. The van der Waals surface area contributed by atoms with Gasteiger partial charge in [-0.05, 0) is 19.1 Å². The number of nitrogens with zero attached hydrogens (tertiary/aromatic N) is 3. The summed E-state index contributed by atoms with van der Waals surface area (Å²) in [6.07, 6.45) is -1.40. The number of esters is 1. The molecule has 11 heteroatoms. The zero-order valence-corrected chi connectivity index (χ0v) is 15.1. The normalized spacial score (nSPS) is 35.4. The molecule has 5 atom stereocenters. The van der Waals surface area contributed by atoms with E-state index in [1.54, 1.807) is 37.3 Å². The van der Waals surface area contributed by atoms with E-state index >= 15 is 0 Å². The molecule has 0 aliphatic carbocycles. The Kier molecular flexibility index (Phi) is 4.00. The summed E-state index contributed by atoms with van der Waals surface area (Å²) in [6.45, 7) is 1.19. The van der Waals surface area contributed by atoms with Gasteiger partial charge in [0.1, 0.15) is 12.1 Å². The van der Waals surface area contributed by atoms with Crippen LogP contribution in [0, 0.1) is 0 Å². The molecule has 1 fully saturated rings. The highest BCUT2D eigenvalue weighted by Crippen LogP contribution is 2.48. The number of carbonyl (C=O) groups is 1. The molecule has 3 aliphatic heterocycles. The molecular weight excluding hydrogens is 368 g/mol. The number of aliphatic hydroxyl groups excluding tert-OH is 1. The standard InChI is InChI=1S/C17H22N6O5/c1-8-12(28-13(25)9-5-3-2-4-6-9)17(26,27)16-11(21-14(18)22-16)10(7-24)20-15(19)23(8)16/h2-6,8,10-12,24,26-27H,7H2,1H3,(H2,19,20)(H3,18,21,22)/t8-,10-,11?,12-,16?/m0/s1. The Labute approximate surface area is 160 Å². The molecule has 8 N–H and O–H groups in total. The number of benzene rings is 1. The number of ether oxygens (including phenoxy) is 1. The smallest absolute Gasteiger partial charge is 0.338 e. The van der Waals surface area contributed by atoms with Gasteiger partial charge in [-0.3, -0.25) is 0 Å². The Morgan fingerprint density at radius 3 is 2.61 bits per heavy atom. The van der Waals surface area contributed by atoms with Crippen molar-refractivity contribution in [3.05, 3.63) is 35.9 Å². The minimum atomic E-state index is -2.64. The van der Waals surface area contributed by atoms with Gasteiger partial charge in [0, 0.05) is 0 Å². The molecule has 4 rings (SSSR count). The third kappa shape index (κ3) is 2.23. The van der Waals surface area contributed by atoms with Gasteiger partial charge in [0.25, 0.3) is 0 Å².